The molecular formula is C12H7N5O6S. The number of aromatic nitrogens is 1. The number of urea groups is 1. The average Bonchev–Trinajstić information content (AvgIpc) is 2.86. The molecule has 0 spiro atoms. The zero-order chi connectivity index (χ0) is 17.4. The Morgan fingerprint density at radius 3 is 2.54 bits per heavy atom. The highest BCUT2D eigenvalue weighted by Crippen LogP contribution is 2.29. The number of thiazole rings is 1. The molecule has 1 aliphatic heterocycles. The summed E-state index contributed by atoms with van der Waals surface area (Å²) in [5, 5.41) is 16.7. The zero-order valence-electron chi connectivity index (χ0n) is 11.6. The molecule has 0 atom stereocenters. The fraction of sp³-hybridized carbons (Fsp3) is 0.0833. The van der Waals surface area contributed by atoms with E-state index in [2.05, 4.69) is 10.3 Å². The summed E-state index contributed by atoms with van der Waals surface area (Å²) in [6, 6.07) is 2.97. The van der Waals surface area contributed by atoms with Crippen molar-refractivity contribution >= 4 is 56.1 Å². The van der Waals surface area contributed by atoms with Gasteiger partial charge in [-0.2, -0.15) is 0 Å². The molecule has 3 rings (SSSR count). The summed E-state index contributed by atoms with van der Waals surface area (Å²) in [7, 11) is 0. The van der Waals surface area contributed by atoms with Gasteiger partial charge in [0.2, 0.25) is 17.7 Å². The van der Waals surface area contributed by atoms with Crippen LogP contribution in [-0.2, 0) is 14.4 Å². The summed E-state index contributed by atoms with van der Waals surface area (Å²) in [5.41, 5.74) is 0.280. The molecule has 1 aromatic heterocycles. The maximum Gasteiger partial charge on any atom is 0.328 e. The number of carbonyl (C=O) groups excluding carboxylic acids is 4. The van der Waals surface area contributed by atoms with Gasteiger partial charge in [0, 0.05) is 12.1 Å². The molecule has 11 nitrogen and oxygen atoms in total. The van der Waals surface area contributed by atoms with E-state index in [0.29, 0.717) is 10.2 Å². The van der Waals surface area contributed by atoms with Gasteiger partial charge in [-0.1, -0.05) is 11.3 Å². The van der Waals surface area contributed by atoms with Gasteiger partial charge in [-0.15, -0.1) is 0 Å². The van der Waals surface area contributed by atoms with Gasteiger partial charge >= 0.3 is 6.03 Å². The van der Waals surface area contributed by atoms with Crippen LogP contribution in [0.4, 0.5) is 15.6 Å². The summed E-state index contributed by atoms with van der Waals surface area (Å²) < 4.78 is 0.451. The second-order valence-electron chi connectivity index (χ2n) is 4.66. The van der Waals surface area contributed by atoms with Gasteiger partial charge in [-0.3, -0.25) is 35.1 Å². The molecular weight excluding hydrogens is 342 g/mol. The molecule has 12 heteroatoms. The van der Waals surface area contributed by atoms with E-state index in [1.807, 2.05) is 10.6 Å². The molecule has 0 saturated carbocycles. The number of carbonyl (C=O) groups is 4. The first-order valence-corrected chi connectivity index (χ1v) is 7.18. The topological polar surface area (TPSA) is 160 Å². The highest BCUT2D eigenvalue weighted by Gasteiger charge is 2.40. The molecule has 122 valence electrons. The third-order valence-electron chi connectivity index (χ3n) is 3.07. The number of nitrogens with one attached hydrogen (secondary N) is 3. The standard InChI is InChI=1S/C12H7N5O6S/c18-8-7(9(19)15-11(21)14-8)10(20)16-12-13-5-2-1-4(17(22)23)3-6(5)24-12/h1-3,7H,(H,13,16,20)(H2,14,15,18,19,21). The van der Waals surface area contributed by atoms with Gasteiger partial charge in [0.1, 0.15) is 0 Å². The highest BCUT2D eigenvalue weighted by molar-refractivity contribution is 7.22. The van der Waals surface area contributed by atoms with E-state index >= 15 is 0 Å². The first-order valence-electron chi connectivity index (χ1n) is 6.36. The maximum absolute atomic E-state index is 12.1. The van der Waals surface area contributed by atoms with Gasteiger partial charge in [0.25, 0.3) is 5.69 Å². The van der Waals surface area contributed by atoms with E-state index in [1.54, 1.807) is 0 Å². The number of nitro groups is 1. The zero-order valence-corrected chi connectivity index (χ0v) is 12.4. The van der Waals surface area contributed by atoms with Crippen molar-refractivity contribution in [3.63, 3.8) is 0 Å². The molecule has 0 unspecified atom stereocenters. The Hall–Kier alpha value is -3.41. The van der Waals surface area contributed by atoms with E-state index in [4.69, 9.17) is 0 Å². The molecule has 1 aliphatic rings. The second kappa shape index (κ2) is 5.66. The van der Waals surface area contributed by atoms with Crippen LogP contribution in [0.25, 0.3) is 10.2 Å². The van der Waals surface area contributed by atoms with Crippen LogP contribution in [0, 0.1) is 16.0 Å². The fourth-order valence-electron chi connectivity index (χ4n) is 2.01. The Kier molecular flexibility index (Phi) is 3.65. The van der Waals surface area contributed by atoms with Crippen molar-refractivity contribution in [2.24, 2.45) is 5.92 Å². The predicted octanol–water partition coefficient (Wildman–Crippen LogP) is 0.125. The summed E-state index contributed by atoms with van der Waals surface area (Å²) >= 11 is 0.946. The number of hydrogen-bond acceptors (Lipinski definition) is 8. The van der Waals surface area contributed by atoms with Crippen LogP contribution in [0.3, 0.4) is 0 Å². The Balaban J connectivity index is 1.82. The molecule has 0 bridgehead atoms. The van der Waals surface area contributed by atoms with Crippen LogP contribution in [-0.4, -0.2) is 33.7 Å². The first kappa shape index (κ1) is 15.5. The predicted molar refractivity (Wildman–Crippen MR) is 80.1 cm³/mol. The number of nitro benzene ring substituents is 1. The maximum atomic E-state index is 12.1. The van der Waals surface area contributed by atoms with Crippen LogP contribution < -0.4 is 16.0 Å². The van der Waals surface area contributed by atoms with E-state index in [0.717, 1.165) is 11.3 Å². The number of imide groups is 2. The van der Waals surface area contributed by atoms with Gasteiger partial charge in [0.05, 0.1) is 15.1 Å². The normalized spacial score (nSPS) is 15.1. The van der Waals surface area contributed by atoms with Gasteiger partial charge in [0.15, 0.2) is 11.0 Å². The number of barbiturate groups is 1. The van der Waals surface area contributed by atoms with Crippen molar-refractivity contribution in [2.45, 2.75) is 0 Å². The van der Waals surface area contributed by atoms with Crippen LogP contribution >= 0.6 is 11.3 Å². The molecule has 0 aliphatic carbocycles. The van der Waals surface area contributed by atoms with Gasteiger partial charge in [-0.25, -0.2) is 9.78 Å². The summed E-state index contributed by atoms with van der Waals surface area (Å²) in [6.45, 7) is 0. The van der Waals surface area contributed by atoms with Gasteiger partial charge < -0.3 is 5.32 Å². The lowest BCUT2D eigenvalue weighted by Gasteiger charge is -2.19. The van der Waals surface area contributed by atoms with Gasteiger partial charge in [-0.05, 0) is 6.07 Å². The number of benzene rings is 1. The molecule has 3 N–H and O–H groups in total. The number of amides is 5. The minimum Gasteiger partial charge on any atom is -0.301 e. The lowest BCUT2D eigenvalue weighted by molar-refractivity contribution is -0.384. The van der Waals surface area contributed by atoms with Crippen molar-refractivity contribution in [3.05, 3.63) is 28.3 Å². The molecule has 1 saturated heterocycles. The van der Waals surface area contributed by atoms with E-state index in [1.165, 1.54) is 18.2 Å². The van der Waals surface area contributed by atoms with E-state index in [9.17, 15) is 29.3 Å². The van der Waals surface area contributed by atoms with Crippen molar-refractivity contribution < 1.29 is 24.1 Å². The van der Waals surface area contributed by atoms with E-state index < -0.39 is 34.6 Å². The third-order valence-corrected chi connectivity index (χ3v) is 4.01. The van der Waals surface area contributed by atoms with Crippen LogP contribution in [0.2, 0.25) is 0 Å². The third kappa shape index (κ3) is 2.77. The molecule has 2 heterocycles. The number of rotatable bonds is 3. The molecule has 2 aromatic rings. The Labute approximate surface area is 136 Å². The number of fused-ring (bicyclic) bond motifs is 1. The number of hydrogen-bond donors (Lipinski definition) is 3. The monoisotopic (exact) mass is 349 g/mol. The molecule has 24 heavy (non-hydrogen) atoms. The SMILES string of the molecule is O=C1NC(=O)C(C(=O)Nc2nc3ccc([N+](=O)[O-])cc3s2)C(=O)N1. The first-order chi connectivity index (χ1) is 11.3. The number of non-ortho nitro benzene ring substituents is 1. The molecule has 0 radical (unpaired) electrons. The lowest BCUT2D eigenvalue weighted by Crippen LogP contribution is -2.58. The Morgan fingerprint density at radius 1 is 1.25 bits per heavy atom. The van der Waals surface area contributed by atoms with Crippen LogP contribution in [0.1, 0.15) is 0 Å². The van der Waals surface area contributed by atoms with Crippen molar-refractivity contribution in [2.75, 3.05) is 5.32 Å². The summed E-state index contributed by atoms with van der Waals surface area (Å²) in [6.07, 6.45) is 0. The average molecular weight is 349 g/mol. The summed E-state index contributed by atoms with van der Waals surface area (Å²) in [5.74, 6) is -4.79. The van der Waals surface area contributed by atoms with Crippen LogP contribution in [0.5, 0.6) is 0 Å². The molecule has 5 amide bonds. The second-order valence-corrected chi connectivity index (χ2v) is 5.69. The Morgan fingerprint density at radius 2 is 1.92 bits per heavy atom. The summed E-state index contributed by atoms with van der Waals surface area (Å²) in [4.78, 5) is 60.4. The minimum absolute atomic E-state index is 0.0630. The quantitative estimate of drug-likeness (QED) is 0.403. The fourth-order valence-corrected chi connectivity index (χ4v) is 2.92. The molecule has 1 fully saturated rings. The highest BCUT2D eigenvalue weighted by atomic mass is 32.1. The molecule has 1 aromatic carbocycles. The van der Waals surface area contributed by atoms with Crippen molar-refractivity contribution in [1.82, 2.24) is 15.6 Å². The van der Waals surface area contributed by atoms with Crippen LogP contribution in [0.15, 0.2) is 18.2 Å². The number of anilines is 1. The largest absolute Gasteiger partial charge is 0.328 e. The van der Waals surface area contributed by atoms with E-state index in [-0.39, 0.29) is 10.8 Å². The minimum atomic E-state index is -1.73. The Bertz CT molecular complexity index is 902. The number of nitrogens with zero attached hydrogens (tertiary/aromatic N) is 2. The lowest BCUT2D eigenvalue weighted by atomic mass is 10.1. The smallest absolute Gasteiger partial charge is 0.301 e. The van der Waals surface area contributed by atoms with Crippen molar-refractivity contribution in [1.29, 1.82) is 0 Å². The van der Waals surface area contributed by atoms with Crippen molar-refractivity contribution in [3.8, 4) is 0 Å².